The van der Waals surface area contributed by atoms with E-state index in [4.69, 9.17) is 11.6 Å². The van der Waals surface area contributed by atoms with Crippen LogP contribution < -0.4 is 5.32 Å². The third-order valence-corrected chi connectivity index (χ3v) is 3.26. The Morgan fingerprint density at radius 2 is 2.00 bits per heavy atom. The molecular formula is C12H11BrClN3. The lowest BCUT2D eigenvalue weighted by atomic mass is 10.1. The van der Waals surface area contributed by atoms with Gasteiger partial charge in [0.15, 0.2) is 0 Å². The van der Waals surface area contributed by atoms with E-state index in [0.29, 0.717) is 5.95 Å². The molecule has 17 heavy (non-hydrogen) atoms. The zero-order valence-electron chi connectivity index (χ0n) is 9.03. The van der Waals surface area contributed by atoms with E-state index in [1.54, 1.807) is 18.5 Å². The van der Waals surface area contributed by atoms with Crippen LogP contribution in [0.4, 0.5) is 5.95 Å². The van der Waals surface area contributed by atoms with E-state index >= 15 is 0 Å². The van der Waals surface area contributed by atoms with Crippen molar-refractivity contribution in [3.05, 3.63) is 51.7 Å². The molecule has 0 unspecified atom stereocenters. The molecule has 0 aliphatic heterocycles. The first-order chi connectivity index (χ1) is 8.25. The van der Waals surface area contributed by atoms with Crippen LogP contribution in [-0.2, 0) is 6.42 Å². The van der Waals surface area contributed by atoms with Crippen LogP contribution in [0.15, 0.2) is 41.1 Å². The summed E-state index contributed by atoms with van der Waals surface area (Å²) in [5.74, 6) is 0.644. The van der Waals surface area contributed by atoms with Gasteiger partial charge in [-0.15, -0.1) is 0 Å². The maximum Gasteiger partial charge on any atom is 0.222 e. The molecule has 0 aliphatic rings. The van der Waals surface area contributed by atoms with Gasteiger partial charge in [-0.2, -0.15) is 0 Å². The van der Waals surface area contributed by atoms with Gasteiger partial charge in [0.05, 0.1) is 0 Å². The Kier molecular flexibility index (Phi) is 4.34. The number of aromatic nitrogens is 2. The molecule has 0 bridgehead atoms. The molecular weight excluding hydrogens is 302 g/mol. The van der Waals surface area contributed by atoms with Crippen LogP contribution in [0.3, 0.4) is 0 Å². The van der Waals surface area contributed by atoms with E-state index in [0.717, 1.165) is 22.5 Å². The van der Waals surface area contributed by atoms with Gasteiger partial charge in [-0.3, -0.25) is 0 Å². The number of hydrogen-bond acceptors (Lipinski definition) is 3. The molecule has 1 heterocycles. The van der Waals surface area contributed by atoms with E-state index in [1.165, 1.54) is 5.56 Å². The Morgan fingerprint density at radius 3 is 2.76 bits per heavy atom. The highest BCUT2D eigenvalue weighted by Gasteiger charge is 2.01. The third kappa shape index (κ3) is 3.68. The van der Waals surface area contributed by atoms with Crippen LogP contribution in [0.2, 0.25) is 5.02 Å². The van der Waals surface area contributed by atoms with E-state index in [-0.39, 0.29) is 0 Å². The summed E-state index contributed by atoms with van der Waals surface area (Å²) in [5, 5.41) is 3.90. The monoisotopic (exact) mass is 311 g/mol. The summed E-state index contributed by atoms with van der Waals surface area (Å²) in [7, 11) is 0. The summed E-state index contributed by atoms with van der Waals surface area (Å²) in [6.07, 6.45) is 4.29. The predicted octanol–water partition coefficient (Wildman–Crippen LogP) is 3.55. The third-order valence-electron chi connectivity index (χ3n) is 2.25. The molecule has 1 N–H and O–H groups in total. The Morgan fingerprint density at radius 1 is 1.24 bits per heavy atom. The van der Waals surface area contributed by atoms with Crippen LogP contribution in [0.25, 0.3) is 0 Å². The Balaban J connectivity index is 1.92. The normalized spacial score (nSPS) is 10.2. The molecule has 2 aromatic rings. The Labute approximate surface area is 113 Å². The molecule has 0 fully saturated rings. The van der Waals surface area contributed by atoms with E-state index in [1.807, 2.05) is 18.2 Å². The highest BCUT2D eigenvalue weighted by Crippen LogP contribution is 2.21. The molecule has 2 rings (SSSR count). The maximum absolute atomic E-state index is 5.95. The fraction of sp³-hybridized carbons (Fsp3) is 0.167. The van der Waals surface area contributed by atoms with Crippen molar-refractivity contribution in [2.24, 2.45) is 0 Å². The SMILES string of the molecule is Clc1ccc(Br)c(CCNc2ncccn2)c1. The van der Waals surface area contributed by atoms with Gasteiger partial charge < -0.3 is 5.32 Å². The first-order valence-corrected chi connectivity index (χ1v) is 6.37. The van der Waals surface area contributed by atoms with Gasteiger partial charge in [0.25, 0.3) is 0 Å². The second-order valence-corrected chi connectivity index (χ2v) is 4.78. The van der Waals surface area contributed by atoms with Gasteiger partial charge in [0, 0.05) is 28.4 Å². The quantitative estimate of drug-likeness (QED) is 0.938. The number of halogens is 2. The molecule has 0 atom stereocenters. The average molecular weight is 313 g/mol. The molecule has 0 aliphatic carbocycles. The van der Waals surface area contributed by atoms with Crippen LogP contribution in [0, 0.1) is 0 Å². The Bertz CT molecular complexity index is 490. The summed E-state index contributed by atoms with van der Waals surface area (Å²) >= 11 is 9.45. The van der Waals surface area contributed by atoms with Gasteiger partial charge in [-0.25, -0.2) is 9.97 Å². The number of nitrogens with zero attached hydrogens (tertiary/aromatic N) is 2. The summed E-state index contributed by atoms with van der Waals surface area (Å²) in [4.78, 5) is 8.18. The van der Waals surface area contributed by atoms with Gasteiger partial charge in [-0.1, -0.05) is 27.5 Å². The fourth-order valence-corrected chi connectivity index (χ4v) is 2.07. The zero-order valence-corrected chi connectivity index (χ0v) is 11.4. The van der Waals surface area contributed by atoms with Crippen molar-refractivity contribution in [2.75, 3.05) is 11.9 Å². The fourth-order valence-electron chi connectivity index (χ4n) is 1.43. The lowest BCUT2D eigenvalue weighted by Crippen LogP contribution is -2.07. The first kappa shape index (κ1) is 12.3. The molecule has 3 nitrogen and oxygen atoms in total. The number of nitrogens with one attached hydrogen (secondary N) is 1. The molecule has 0 radical (unpaired) electrons. The van der Waals surface area contributed by atoms with Gasteiger partial charge >= 0.3 is 0 Å². The van der Waals surface area contributed by atoms with Crippen molar-refractivity contribution in [3.63, 3.8) is 0 Å². The van der Waals surface area contributed by atoms with Crippen LogP contribution >= 0.6 is 27.5 Å². The topological polar surface area (TPSA) is 37.8 Å². The molecule has 0 spiro atoms. The minimum atomic E-state index is 0.644. The van der Waals surface area contributed by atoms with E-state index in [9.17, 15) is 0 Å². The maximum atomic E-state index is 5.95. The molecule has 1 aromatic carbocycles. The summed E-state index contributed by atoms with van der Waals surface area (Å²) in [6.45, 7) is 0.767. The molecule has 5 heteroatoms. The van der Waals surface area contributed by atoms with Crippen molar-refractivity contribution in [1.82, 2.24) is 9.97 Å². The highest BCUT2D eigenvalue weighted by molar-refractivity contribution is 9.10. The number of anilines is 1. The zero-order chi connectivity index (χ0) is 12.1. The van der Waals surface area contributed by atoms with Crippen LogP contribution in [-0.4, -0.2) is 16.5 Å². The second-order valence-electron chi connectivity index (χ2n) is 3.48. The smallest absolute Gasteiger partial charge is 0.222 e. The standard InChI is InChI=1S/C12H11BrClN3/c13-11-3-2-10(14)8-9(11)4-7-17-12-15-5-1-6-16-12/h1-3,5-6,8H,4,7H2,(H,15,16,17). The minimum absolute atomic E-state index is 0.644. The number of benzene rings is 1. The summed E-state index contributed by atoms with van der Waals surface area (Å²) in [6, 6.07) is 7.57. The molecule has 0 amide bonds. The van der Waals surface area contributed by atoms with Gasteiger partial charge in [0.1, 0.15) is 0 Å². The summed E-state index contributed by atoms with van der Waals surface area (Å²) in [5.41, 5.74) is 1.17. The van der Waals surface area contributed by atoms with E-state index < -0.39 is 0 Å². The molecule has 0 saturated heterocycles. The lowest BCUT2D eigenvalue weighted by Gasteiger charge is -2.06. The summed E-state index contributed by atoms with van der Waals surface area (Å²) < 4.78 is 1.07. The van der Waals surface area contributed by atoms with Gasteiger partial charge in [0.2, 0.25) is 5.95 Å². The highest BCUT2D eigenvalue weighted by atomic mass is 79.9. The van der Waals surface area contributed by atoms with Crippen molar-refractivity contribution >= 4 is 33.5 Å². The van der Waals surface area contributed by atoms with Crippen LogP contribution in [0.1, 0.15) is 5.56 Å². The second kappa shape index (κ2) is 5.98. The molecule has 88 valence electrons. The number of hydrogen-bond donors (Lipinski definition) is 1. The van der Waals surface area contributed by atoms with Crippen molar-refractivity contribution in [1.29, 1.82) is 0 Å². The largest absolute Gasteiger partial charge is 0.354 e. The number of rotatable bonds is 4. The predicted molar refractivity (Wildman–Crippen MR) is 73.4 cm³/mol. The average Bonchev–Trinajstić information content (AvgIpc) is 2.35. The first-order valence-electron chi connectivity index (χ1n) is 5.20. The van der Waals surface area contributed by atoms with Gasteiger partial charge in [-0.05, 0) is 36.2 Å². The van der Waals surface area contributed by atoms with Crippen molar-refractivity contribution < 1.29 is 0 Å². The minimum Gasteiger partial charge on any atom is -0.354 e. The molecule has 1 aromatic heterocycles. The van der Waals surface area contributed by atoms with Crippen molar-refractivity contribution in [2.45, 2.75) is 6.42 Å². The van der Waals surface area contributed by atoms with E-state index in [2.05, 4.69) is 31.2 Å². The van der Waals surface area contributed by atoms with Crippen molar-refractivity contribution in [3.8, 4) is 0 Å². The lowest BCUT2D eigenvalue weighted by molar-refractivity contribution is 0.979. The molecule has 0 saturated carbocycles. The van der Waals surface area contributed by atoms with Crippen LogP contribution in [0.5, 0.6) is 0 Å². The Hall–Kier alpha value is -1.13.